The second-order valence-corrected chi connectivity index (χ2v) is 6.55. The molecule has 0 unspecified atom stereocenters. The molecule has 0 spiro atoms. The van der Waals surface area contributed by atoms with Crippen molar-refractivity contribution in [2.24, 2.45) is 13.0 Å². The summed E-state index contributed by atoms with van der Waals surface area (Å²) < 4.78 is 12.8. The Morgan fingerprint density at radius 3 is 3.04 bits per heavy atom. The molecular formula is C17H24N4O3. The Bertz CT molecular complexity index is 692. The van der Waals surface area contributed by atoms with E-state index in [9.17, 15) is 4.79 Å². The van der Waals surface area contributed by atoms with E-state index in [0.29, 0.717) is 17.8 Å². The third-order valence-electron chi connectivity index (χ3n) is 4.51. The predicted molar refractivity (Wildman–Crippen MR) is 87.6 cm³/mol. The molecule has 7 heteroatoms. The Kier molecular flexibility index (Phi) is 4.99. The van der Waals surface area contributed by atoms with Gasteiger partial charge in [-0.3, -0.25) is 9.48 Å². The molecular weight excluding hydrogens is 308 g/mol. The first-order valence-electron chi connectivity index (χ1n) is 8.40. The molecule has 1 amide bonds. The van der Waals surface area contributed by atoms with Gasteiger partial charge in [0.15, 0.2) is 0 Å². The third-order valence-corrected chi connectivity index (χ3v) is 4.51. The highest BCUT2D eigenvalue weighted by atomic mass is 16.5. The minimum atomic E-state index is -0.144. The molecule has 2 atom stereocenters. The van der Waals surface area contributed by atoms with E-state index in [1.54, 1.807) is 6.20 Å². The second-order valence-electron chi connectivity index (χ2n) is 6.55. The molecule has 1 aliphatic rings. The van der Waals surface area contributed by atoms with Crippen molar-refractivity contribution in [2.45, 2.75) is 38.7 Å². The number of aryl methyl sites for hydroxylation is 1. The fourth-order valence-electron chi connectivity index (χ4n) is 3.19. The number of ether oxygens (including phenoxy) is 1. The number of rotatable bonds is 5. The van der Waals surface area contributed by atoms with Crippen LogP contribution in [0.4, 0.5) is 0 Å². The Balaban J connectivity index is 1.67. The normalized spacial score (nSPS) is 21.2. The smallest absolute Gasteiger partial charge is 0.256 e. The molecule has 1 aliphatic heterocycles. The van der Waals surface area contributed by atoms with Crippen LogP contribution in [-0.2, 0) is 11.8 Å². The fourth-order valence-corrected chi connectivity index (χ4v) is 3.19. The maximum Gasteiger partial charge on any atom is 0.256 e. The Labute approximate surface area is 141 Å². The SMILES string of the molecule is CC(C)c1nocc1C(=O)NC[C@@H]1CCCO[C@H]1c1ccnn1C. The lowest BCUT2D eigenvalue weighted by Gasteiger charge is -2.31. The molecule has 3 rings (SSSR count). The zero-order chi connectivity index (χ0) is 17.1. The molecule has 24 heavy (non-hydrogen) atoms. The highest BCUT2D eigenvalue weighted by Gasteiger charge is 2.30. The molecule has 0 radical (unpaired) electrons. The van der Waals surface area contributed by atoms with Crippen molar-refractivity contribution < 1.29 is 14.1 Å². The minimum Gasteiger partial charge on any atom is -0.372 e. The topological polar surface area (TPSA) is 82.2 Å². The van der Waals surface area contributed by atoms with Gasteiger partial charge in [-0.05, 0) is 24.8 Å². The van der Waals surface area contributed by atoms with E-state index < -0.39 is 0 Å². The van der Waals surface area contributed by atoms with Crippen LogP contribution in [0.5, 0.6) is 0 Å². The van der Waals surface area contributed by atoms with Gasteiger partial charge in [-0.1, -0.05) is 19.0 Å². The van der Waals surface area contributed by atoms with Crippen molar-refractivity contribution in [3.05, 3.63) is 35.5 Å². The van der Waals surface area contributed by atoms with E-state index in [-0.39, 0.29) is 23.8 Å². The summed E-state index contributed by atoms with van der Waals surface area (Å²) in [7, 11) is 1.91. The quantitative estimate of drug-likeness (QED) is 0.909. The van der Waals surface area contributed by atoms with Crippen molar-refractivity contribution in [3.8, 4) is 0 Å². The molecule has 7 nitrogen and oxygen atoms in total. The standard InChI is InChI=1S/C17H24N4O3/c1-11(2)15-13(10-24-20-15)17(22)18-9-12-5-4-8-23-16(12)14-6-7-19-21(14)3/h6-7,10-12,16H,4-5,8-9H2,1-3H3,(H,18,22)/t12-,16+/m0/s1. The molecule has 1 saturated heterocycles. The maximum absolute atomic E-state index is 12.5. The highest BCUT2D eigenvalue weighted by Crippen LogP contribution is 2.32. The van der Waals surface area contributed by atoms with Gasteiger partial charge in [-0.15, -0.1) is 0 Å². The summed E-state index contributed by atoms with van der Waals surface area (Å²) in [6.45, 7) is 5.27. The lowest BCUT2D eigenvalue weighted by molar-refractivity contribution is -0.0317. The molecule has 2 aromatic rings. The second kappa shape index (κ2) is 7.17. The maximum atomic E-state index is 12.5. The molecule has 0 bridgehead atoms. The lowest BCUT2D eigenvalue weighted by Crippen LogP contribution is -2.36. The number of nitrogens with one attached hydrogen (secondary N) is 1. The van der Waals surface area contributed by atoms with Crippen molar-refractivity contribution in [2.75, 3.05) is 13.2 Å². The zero-order valence-electron chi connectivity index (χ0n) is 14.4. The number of nitrogens with zero attached hydrogens (tertiary/aromatic N) is 3. The summed E-state index contributed by atoms with van der Waals surface area (Å²) in [5.74, 6) is 0.222. The minimum absolute atomic E-state index is 0.0430. The molecule has 3 heterocycles. The summed E-state index contributed by atoms with van der Waals surface area (Å²) in [6.07, 6.45) is 5.16. The van der Waals surface area contributed by atoms with E-state index in [4.69, 9.17) is 9.26 Å². The average molecular weight is 332 g/mol. The number of hydrogen-bond acceptors (Lipinski definition) is 5. The Morgan fingerprint density at radius 2 is 2.33 bits per heavy atom. The average Bonchev–Trinajstić information content (AvgIpc) is 3.21. The van der Waals surface area contributed by atoms with Crippen LogP contribution in [0.1, 0.15) is 60.5 Å². The van der Waals surface area contributed by atoms with Gasteiger partial charge >= 0.3 is 0 Å². The number of hydrogen-bond donors (Lipinski definition) is 1. The largest absolute Gasteiger partial charge is 0.372 e. The van der Waals surface area contributed by atoms with Gasteiger partial charge in [-0.25, -0.2) is 0 Å². The van der Waals surface area contributed by atoms with Crippen molar-refractivity contribution in [1.82, 2.24) is 20.3 Å². The van der Waals surface area contributed by atoms with E-state index in [2.05, 4.69) is 15.6 Å². The van der Waals surface area contributed by atoms with Gasteiger partial charge < -0.3 is 14.6 Å². The van der Waals surface area contributed by atoms with Crippen molar-refractivity contribution >= 4 is 5.91 Å². The summed E-state index contributed by atoms with van der Waals surface area (Å²) in [5.41, 5.74) is 2.25. The van der Waals surface area contributed by atoms with E-state index in [1.165, 1.54) is 6.26 Å². The molecule has 0 aliphatic carbocycles. The van der Waals surface area contributed by atoms with Gasteiger partial charge in [0.05, 0.1) is 11.4 Å². The molecule has 1 N–H and O–H groups in total. The first kappa shape index (κ1) is 16.7. The summed E-state index contributed by atoms with van der Waals surface area (Å²) in [6, 6.07) is 1.97. The molecule has 2 aromatic heterocycles. The number of carbonyl (C=O) groups excluding carboxylic acids is 1. The van der Waals surface area contributed by atoms with Crippen LogP contribution < -0.4 is 5.32 Å². The molecule has 0 saturated carbocycles. The highest BCUT2D eigenvalue weighted by molar-refractivity contribution is 5.95. The molecule has 1 fully saturated rings. The predicted octanol–water partition coefficient (Wildman–Crippen LogP) is 2.43. The van der Waals surface area contributed by atoms with E-state index in [0.717, 1.165) is 25.1 Å². The Morgan fingerprint density at radius 1 is 1.50 bits per heavy atom. The summed E-state index contributed by atoms with van der Waals surface area (Å²) in [5, 5.41) is 11.2. The first-order valence-corrected chi connectivity index (χ1v) is 8.40. The van der Waals surface area contributed by atoms with Gasteiger partial charge in [-0.2, -0.15) is 5.10 Å². The van der Waals surface area contributed by atoms with Gasteiger partial charge in [0, 0.05) is 32.3 Å². The number of aromatic nitrogens is 3. The van der Waals surface area contributed by atoms with Crippen LogP contribution in [0, 0.1) is 5.92 Å². The van der Waals surface area contributed by atoms with Crippen LogP contribution >= 0.6 is 0 Å². The number of amides is 1. The summed E-state index contributed by atoms with van der Waals surface area (Å²) >= 11 is 0. The third kappa shape index (κ3) is 3.36. The summed E-state index contributed by atoms with van der Waals surface area (Å²) in [4.78, 5) is 12.5. The fraction of sp³-hybridized carbons (Fsp3) is 0.588. The van der Waals surface area contributed by atoms with Gasteiger partial charge in [0.2, 0.25) is 0 Å². The van der Waals surface area contributed by atoms with Crippen molar-refractivity contribution in [1.29, 1.82) is 0 Å². The van der Waals surface area contributed by atoms with Crippen LogP contribution in [-0.4, -0.2) is 34.0 Å². The van der Waals surface area contributed by atoms with Gasteiger partial charge in [0.25, 0.3) is 5.91 Å². The number of carbonyl (C=O) groups is 1. The van der Waals surface area contributed by atoms with Crippen LogP contribution in [0.2, 0.25) is 0 Å². The van der Waals surface area contributed by atoms with Gasteiger partial charge in [0.1, 0.15) is 17.9 Å². The molecule has 130 valence electrons. The zero-order valence-corrected chi connectivity index (χ0v) is 14.4. The van der Waals surface area contributed by atoms with E-state index >= 15 is 0 Å². The Hall–Kier alpha value is -2.15. The van der Waals surface area contributed by atoms with Crippen LogP contribution in [0.3, 0.4) is 0 Å². The molecule has 0 aromatic carbocycles. The van der Waals surface area contributed by atoms with Crippen LogP contribution in [0.15, 0.2) is 23.0 Å². The van der Waals surface area contributed by atoms with Crippen LogP contribution in [0.25, 0.3) is 0 Å². The lowest BCUT2D eigenvalue weighted by atomic mass is 9.92. The van der Waals surface area contributed by atoms with E-state index in [1.807, 2.05) is 31.6 Å². The first-order chi connectivity index (χ1) is 11.6. The van der Waals surface area contributed by atoms with Crippen molar-refractivity contribution in [3.63, 3.8) is 0 Å². The monoisotopic (exact) mass is 332 g/mol.